The normalized spacial score (nSPS) is 22.1. The van der Waals surface area contributed by atoms with E-state index in [2.05, 4.69) is 6.07 Å². The molecule has 74 valence electrons. The van der Waals surface area contributed by atoms with Gasteiger partial charge in [-0.05, 0) is 33.4 Å². The summed E-state index contributed by atoms with van der Waals surface area (Å²) in [5.41, 5.74) is -0.199. The van der Waals surface area contributed by atoms with Gasteiger partial charge < -0.3 is 10.0 Å². The Balaban J connectivity index is 2.35. The standard InChI is InChI=1S/C10H18N2O/c1-12(2)7-9(13)6-10(8-11)4-3-5-10/h9,13H,3-7H2,1-2H3. The lowest BCUT2D eigenvalue weighted by Crippen LogP contribution is -2.36. The summed E-state index contributed by atoms with van der Waals surface area (Å²) in [7, 11) is 3.87. The van der Waals surface area contributed by atoms with Crippen molar-refractivity contribution in [1.29, 1.82) is 5.26 Å². The van der Waals surface area contributed by atoms with Crippen LogP contribution in [0, 0.1) is 16.7 Å². The Morgan fingerprint density at radius 3 is 2.46 bits per heavy atom. The lowest BCUT2D eigenvalue weighted by Gasteiger charge is -2.37. The summed E-state index contributed by atoms with van der Waals surface area (Å²) in [4.78, 5) is 1.95. The third-order valence-electron chi connectivity index (χ3n) is 2.75. The van der Waals surface area contributed by atoms with Crippen LogP contribution in [-0.4, -0.2) is 36.8 Å². The number of aliphatic hydroxyl groups is 1. The van der Waals surface area contributed by atoms with E-state index in [1.165, 1.54) is 0 Å². The quantitative estimate of drug-likeness (QED) is 0.705. The smallest absolute Gasteiger partial charge is 0.0690 e. The van der Waals surface area contributed by atoms with E-state index in [0.29, 0.717) is 13.0 Å². The average molecular weight is 182 g/mol. The molecule has 0 amide bonds. The topological polar surface area (TPSA) is 47.3 Å². The molecule has 1 N–H and O–H groups in total. The molecule has 3 heteroatoms. The van der Waals surface area contributed by atoms with E-state index in [9.17, 15) is 5.11 Å². The molecule has 0 aromatic rings. The minimum atomic E-state index is -0.352. The SMILES string of the molecule is CN(C)CC(O)CC1(C#N)CCC1. The summed E-state index contributed by atoms with van der Waals surface area (Å²) in [5, 5.41) is 18.6. The fourth-order valence-electron chi connectivity index (χ4n) is 1.90. The van der Waals surface area contributed by atoms with Crippen molar-refractivity contribution in [3.8, 4) is 6.07 Å². The van der Waals surface area contributed by atoms with Gasteiger partial charge in [0.05, 0.1) is 17.6 Å². The van der Waals surface area contributed by atoms with Gasteiger partial charge in [-0.3, -0.25) is 0 Å². The maximum absolute atomic E-state index is 9.66. The molecule has 1 aliphatic carbocycles. The predicted molar refractivity (Wildman–Crippen MR) is 51.1 cm³/mol. The lowest BCUT2D eigenvalue weighted by molar-refractivity contribution is 0.0625. The van der Waals surface area contributed by atoms with E-state index < -0.39 is 0 Å². The van der Waals surface area contributed by atoms with Gasteiger partial charge in [0.15, 0.2) is 0 Å². The first-order valence-corrected chi connectivity index (χ1v) is 4.82. The number of hydrogen-bond acceptors (Lipinski definition) is 3. The van der Waals surface area contributed by atoms with Crippen LogP contribution in [0.15, 0.2) is 0 Å². The van der Waals surface area contributed by atoms with Crippen molar-refractivity contribution in [3.63, 3.8) is 0 Å². The Morgan fingerprint density at radius 2 is 2.15 bits per heavy atom. The van der Waals surface area contributed by atoms with Gasteiger partial charge in [0, 0.05) is 6.54 Å². The largest absolute Gasteiger partial charge is 0.392 e. The van der Waals surface area contributed by atoms with Crippen LogP contribution in [0.25, 0.3) is 0 Å². The minimum absolute atomic E-state index is 0.199. The highest BCUT2D eigenvalue weighted by atomic mass is 16.3. The second-order valence-electron chi connectivity index (χ2n) is 4.37. The van der Waals surface area contributed by atoms with Crippen LogP contribution in [0.2, 0.25) is 0 Å². The first kappa shape index (κ1) is 10.5. The van der Waals surface area contributed by atoms with Crippen LogP contribution in [0.3, 0.4) is 0 Å². The van der Waals surface area contributed by atoms with Crippen molar-refractivity contribution in [1.82, 2.24) is 4.90 Å². The molecule has 0 saturated heterocycles. The second-order valence-corrected chi connectivity index (χ2v) is 4.37. The van der Waals surface area contributed by atoms with Crippen LogP contribution < -0.4 is 0 Å². The molecular weight excluding hydrogens is 164 g/mol. The summed E-state index contributed by atoms with van der Waals surface area (Å²) in [5.74, 6) is 0. The van der Waals surface area contributed by atoms with Crippen LogP contribution in [0.1, 0.15) is 25.7 Å². The van der Waals surface area contributed by atoms with Crippen molar-refractivity contribution < 1.29 is 5.11 Å². The van der Waals surface area contributed by atoms with Crippen molar-refractivity contribution >= 4 is 0 Å². The molecule has 0 radical (unpaired) electrons. The number of hydrogen-bond donors (Lipinski definition) is 1. The summed E-state index contributed by atoms with van der Waals surface area (Å²) in [6, 6.07) is 2.34. The Morgan fingerprint density at radius 1 is 1.54 bits per heavy atom. The third-order valence-corrected chi connectivity index (χ3v) is 2.75. The van der Waals surface area contributed by atoms with Crippen LogP contribution in [0.5, 0.6) is 0 Å². The third kappa shape index (κ3) is 2.68. The molecule has 3 nitrogen and oxygen atoms in total. The van der Waals surface area contributed by atoms with Gasteiger partial charge in [0.1, 0.15) is 0 Å². The lowest BCUT2D eigenvalue weighted by atomic mass is 9.67. The molecule has 1 fully saturated rings. The van der Waals surface area contributed by atoms with Crippen molar-refractivity contribution in [2.45, 2.75) is 31.8 Å². The fraction of sp³-hybridized carbons (Fsp3) is 0.900. The molecule has 1 saturated carbocycles. The second kappa shape index (κ2) is 4.08. The molecule has 1 rings (SSSR count). The number of nitrogens with zero attached hydrogens (tertiary/aromatic N) is 2. The molecule has 1 atom stereocenters. The maximum Gasteiger partial charge on any atom is 0.0690 e. The van der Waals surface area contributed by atoms with Crippen molar-refractivity contribution in [2.75, 3.05) is 20.6 Å². The first-order chi connectivity index (χ1) is 6.08. The Labute approximate surface area is 80.0 Å². The van der Waals surface area contributed by atoms with E-state index in [0.717, 1.165) is 19.3 Å². The van der Waals surface area contributed by atoms with E-state index in [4.69, 9.17) is 5.26 Å². The first-order valence-electron chi connectivity index (χ1n) is 4.82. The summed E-state index contributed by atoms with van der Waals surface area (Å²) >= 11 is 0. The Kier molecular flexibility index (Phi) is 3.29. The molecule has 0 bridgehead atoms. The molecular formula is C10H18N2O. The van der Waals surface area contributed by atoms with Crippen molar-refractivity contribution in [2.24, 2.45) is 5.41 Å². The van der Waals surface area contributed by atoms with Crippen LogP contribution in [-0.2, 0) is 0 Å². The maximum atomic E-state index is 9.66. The number of aliphatic hydroxyl groups excluding tert-OH is 1. The zero-order valence-corrected chi connectivity index (χ0v) is 8.45. The zero-order chi connectivity index (χ0) is 9.90. The van der Waals surface area contributed by atoms with Gasteiger partial charge in [-0.1, -0.05) is 6.42 Å². The number of likely N-dealkylation sites (N-methyl/N-ethyl adjacent to an activating group) is 1. The molecule has 1 aliphatic rings. The van der Waals surface area contributed by atoms with Crippen LogP contribution in [0.4, 0.5) is 0 Å². The molecule has 13 heavy (non-hydrogen) atoms. The zero-order valence-electron chi connectivity index (χ0n) is 8.45. The average Bonchev–Trinajstić information content (AvgIpc) is 1.95. The Bertz CT molecular complexity index is 203. The van der Waals surface area contributed by atoms with Gasteiger partial charge >= 0.3 is 0 Å². The van der Waals surface area contributed by atoms with E-state index in [1.807, 2.05) is 19.0 Å². The van der Waals surface area contributed by atoms with Gasteiger partial charge in [-0.25, -0.2) is 0 Å². The highest BCUT2D eigenvalue weighted by Gasteiger charge is 2.38. The number of rotatable bonds is 4. The van der Waals surface area contributed by atoms with Crippen LogP contribution >= 0.6 is 0 Å². The van der Waals surface area contributed by atoms with E-state index >= 15 is 0 Å². The minimum Gasteiger partial charge on any atom is -0.392 e. The predicted octanol–water partition coefficient (Wildman–Crippen LogP) is 0.993. The fourth-order valence-corrected chi connectivity index (χ4v) is 1.90. The van der Waals surface area contributed by atoms with Gasteiger partial charge in [-0.2, -0.15) is 5.26 Å². The number of nitriles is 1. The van der Waals surface area contributed by atoms with E-state index in [-0.39, 0.29) is 11.5 Å². The molecule has 0 spiro atoms. The monoisotopic (exact) mass is 182 g/mol. The highest BCUT2D eigenvalue weighted by molar-refractivity contribution is 5.05. The summed E-state index contributed by atoms with van der Waals surface area (Å²) in [6.07, 6.45) is 3.36. The van der Waals surface area contributed by atoms with Gasteiger partial charge in [-0.15, -0.1) is 0 Å². The van der Waals surface area contributed by atoms with E-state index in [1.54, 1.807) is 0 Å². The molecule has 0 aromatic heterocycles. The molecule has 0 aliphatic heterocycles. The van der Waals surface area contributed by atoms with Gasteiger partial charge in [0.25, 0.3) is 0 Å². The summed E-state index contributed by atoms with van der Waals surface area (Å²) in [6.45, 7) is 0.656. The molecule has 0 heterocycles. The van der Waals surface area contributed by atoms with Gasteiger partial charge in [0.2, 0.25) is 0 Å². The highest BCUT2D eigenvalue weighted by Crippen LogP contribution is 2.44. The summed E-state index contributed by atoms with van der Waals surface area (Å²) < 4.78 is 0. The Hall–Kier alpha value is -0.590. The molecule has 1 unspecified atom stereocenters. The molecule has 0 aromatic carbocycles. The van der Waals surface area contributed by atoms with Crippen molar-refractivity contribution in [3.05, 3.63) is 0 Å².